The minimum absolute atomic E-state index is 0.239. The molecule has 116 valence electrons. The number of rotatable bonds is 3. The number of aromatic nitrogens is 1. The van der Waals surface area contributed by atoms with Crippen molar-refractivity contribution in [3.63, 3.8) is 0 Å². The molecule has 1 aliphatic rings. The average Bonchev–Trinajstić information content (AvgIpc) is 2.98. The summed E-state index contributed by atoms with van der Waals surface area (Å²) < 4.78 is 31.4. The van der Waals surface area contributed by atoms with E-state index in [-0.39, 0.29) is 10.9 Å². The van der Waals surface area contributed by atoms with Gasteiger partial charge in [-0.05, 0) is 23.8 Å². The molecule has 1 aromatic carbocycles. The first-order valence-electron chi connectivity index (χ1n) is 6.85. The fourth-order valence-corrected chi connectivity index (χ4v) is 4.04. The van der Waals surface area contributed by atoms with Gasteiger partial charge in [-0.15, -0.1) is 0 Å². The number of esters is 1. The number of nitrogens with one attached hydrogen (secondary N) is 1. The average molecular weight is 320 g/mol. The Morgan fingerprint density at radius 2 is 2.00 bits per heavy atom. The maximum absolute atomic E-state index is 12.7. The molecule has 6 nitrogen and oxygen atoms in total. The number of nitrogens with zero attached hydrogens (tertiary/aromatic N) is 1. The molecule has 1 atom stereocenters. The van der Waals surface area contributed by atoms with Gasteiger partial charge >= 0.3 is 5.97 Å². The standard InChI is InChI=1S/C15H16N2O4S/c1-21-15(18)13-9-11-7-8-17(14(11)10-16-13)22(19,20)12-5-3-2-4-6-12/h2-8,13,16H,9-10H2,1H3. The van der Waals surface area contributed by atoms with Gasteiger partial charge in [0.05, 0.1) is 17.7 Å². The van der Waals surface area contributed by atoms with Crippen molar-refractivity contribution in [2.75, 3.05) is 7.11 Å². The second-order valence-corrected chi connectivity index (χ2v) is 6.88. The number of hydrogen-bond acceptors (Lipinski definition) is 5. The van der Waals surface area contributed by atoms with Crippen molar-refractivity contribution in [3.05, 3.63) is 53.9 Å². The quantitative estimate of drug-likeness (QED) is 0.851. The minimum atomic E-state index is -3.62. The van der Waals surface area contributed by atoms with Crippen LogP contribution >= 0.6 is 0 Å². The molecule has 0 fully saturated rings. The van der Waals surface area contributed by atoms with E-state index in [9.17, 15) is 13.2 Å². The van der Waals surface area contributed by atoms with E-state index in [1.54, 1.807) is 36.4 Å². The Hall–Kier alpha value is -2.12. The minimum Gasteiger partial charge on any atom is -0.468 e. The lowest BCUT2D eigenvalue weighted by atomic mass is 10.0. The molecular weight excluding hydrogens is 304 g/mol. The van der Waals surface area contributed by atoms with Gasteiger partial charge in [-0.2, -0.15) is 0 Å². The third-order valence-electron chi connectivity index (χ3n) is 3.77. The molecule has 0 spiro atoms. The smallest absolute Gasteiger partial charge is 0.323 e. The van der Waals surface area contributed by atoms with E-state index in [1.165, 1.54) is 17.3 Å². The first kappa shape index (κ1) is 14.8. The Balaban J connectivity index is 1.97. The predicted octanol–water partition coefficient (Wildman–Crippen LogP) is 0.912. The van der Waals surface area contributed by atoms with Crippen molar-refractivity contribution in [1.29, 1.82) is 0 Å². The fraction of sp³-hybridized carbons (Fsp3) is 0.267. The van der Waals surface area contributed by atoms with Crippen LogP contribution in [0.1, 0.15) is 11.3 Å². The summed E-state index contributed by atoms with van der Waals surface area (Å²) >= 11 is 0. The highest BCUT2D eigenvalue weighted by Crippen LogP contribution is 2.23. The number of carbonyl (C=O) groups is 1. The fourth-order valence-electron chi connectivity index (χ4n) is 2.61. The Morgan fingerprint density at radius 3 is 2.68 bits per heavy atom. The van der Waals surface area contributed by atoms with Gasteiger partial charge in [0.2, 0.25) is 0 Å². The molecule has 0 aliphatic carbocycles. The highest BCUT2D eigenvalue weighted by Gasteiger charge is 2.29. The van der Waals surface area contributed by atoms with Crippen molar-refractivity contribution in [2.24, 2.45) is 0 Å². The van der Waals surface area contributed by atoms with E-state index in [2.05, 4.69) is 5.32 Å². The summed E-state index contributed by atoms with van der Waals surface area (Å²) in [5.74, 6) is -0.343. The van der Waals surface area contributed by atoms with E-state index < -0.39 is 16.1 Å². The summed E-state index contributed by atoms with van der Waals surface area (Å²) in [6.45, 7) is 0.300. The first-order valence-corrected chi connectivity index (χ1v) is 8.29. The van der Waals surface area contributed by atoms with Crippen molar-refractivity contribution in [1.82, 2.24) is 9.29 Å². The monoisotopic (exact) mass is 320 g/mol. The second kappa shape index (κ2) is 5.58. The molecule has 7 heteroatoms. The number of methoxy groups -OCH3 is 1. The van der Waals surface area contributed by atoms with Crippen molar-refractivity contribution in [2.45, 2.75) is 23.9 Å². The van der Waals surface area contributed by atoms with Crippen LogP contribution < -0.4 is 5.32 Å². The van der Waals surface area contributed by atoms with Crippen LogP contribution in [0.3, 0.4) is 0 Å². The normalized spacial score (nSPS) is 17.8. The number of carbonyl (C=O) groups excluding carboxylic acids is 1. The zero-order valence-corrected chi connectivity index (χ0v) is 12.8. The maximum atomic E-state index is 12.7. The molecule has 2 heterocycles. The topological polar surface area (TPSA) is 77.4 Å². The number of benzene rings is 1. The lowest BCUT2D eigenvalue weighted by Crippen LogP contribution is -2.43. The van der Waals surface area contributed by atoms with Crippen LogP contribution in [0, 0.1) is 0 Å². The molecule has 1 aliphatic heterocycles. The van der Waals surface area contributed by atoms with Crippen LogP contribution in [0.4, 0.5) is 0 Å². The van der Waals surface area contributed by atoms with Crippen LogP contribution in [0.2, 0.25) is 0 Å². The van der Waals surface area contributed by atoms with E-state index in [0.29, 0.717) is 18.7 Å². The SMILES string of the molecule is COC(=O)C1Cc2ccn(S(=O)(=O)c3ccccc3)c2CN1. The Morgan fingerprint density at radius 1 is 1.27 bits per heavy atom. The zero-order valence-electron chi connectivity index (χ0n) is 12.0. The first-order chi connectivity index (χ1) is 10.5. The highest BCUT2D eigenvalue weighted by atomic mass is 32.2. The van der Waals surface area contributed by atoms with Crippen LogP contribution in [-0.4, -0.2) is 31.5 Å². The molecule has 0 bridgehead atoms. The maximum Gasteiger partial charge on any atom is 0.323 e. The third kappa shape index (κ3) is 2.42. The second-order valence-electron chi connectivity index (χ2n) is 5.06. The van der Waals surface area contributed by atoms with E-state index in [1.807, 2.05) is 0 Å². The number of hydrogen-bond donors (Lipinski definition) is 1. The van der Waals surface area contributed by atoms with Crippen LogP contribution in [0.15, 0.2) is 47.5 Å². The Labute approximate surface area is 128 Å². The van der Waals surface area contributed by atoms with Crippen LogP contribution in [0.5, 0.6) is 0 Å². The van der Waals surface area contributed by atoms with Crippen molar-refractivity contribution in [3.8, 4) is 0 Å². The van der Waals surface area contributed by atoms with Crippen molar-refractivity contribution < 1.29 is 17.9 Å². The summed E-state index contributed by atoms with van der Waals surface area (Å²) in [5.41, 5.74) is 1.50. The predicted molar refractivity (Wildman–Crippen MR) is 79.8 cm³/mol. The molecule has 1 aromatic heterocycles. The Kier molecular flexibility index (Phi) is 3.76. The number of ether oxygens (including phenoxy) is 1. The van der Waals surface area contributed by atoms with Crippen LogP contribution in [-0.2, 0) is 32.5 Å². The largest absolute Gasteiger partial charge is 0.468 e. The van der Waals surface area contributed by atoms with Gasteiger partial charge in [-0.25, -0.2) is 12.4 Å². The van der Waals surface area contributed by atoms with Gasteiger partial charge in [0.25, 0.3) is 10.0 Å². The summed E-state index contributed by atoms with van der Waals surface area (Å²) in [6.07, 6.45) is 1.95. The number of fused-ring (bicyclic) bond motifs is 1. The molecule has 0 radical (unpaired) electrons. The zero-order chi connectivity index (χ0) is 15.7. The molecule has 22 heavy (non-hydrogen) atoms. The van der Waals surface area contributed by atoms with Gasteiger partial charge in [-0.3, -0.25) is 10.1 Å². The Bertz CT molecular complexity index is 796. The molecule has 1 N–H and O–H groups in total. The summed E-state index contributed by atoms with van der Waals surface area (Å²) in [5, 5.41) is 3.02. The van der Waals surface area contributed by atoms with E-state index >= 15 is 0 Å². The van der Waals surface area contributed by atoms with Gasteiger partial charge < -0.3 is 4.74 Å². The summed E-state index contributed by atoms with van der Waals surface area (Å²) in [4.78, 5) is 11.8. The lowest BCUT2D eigenvalue weighted by Gasteiger charge is -2.23. The van der Waals surface area contributed by atoms with Crippen LogP contribution in [0.25, 0.3) is 0 Å². The van der Waals surface area contributed by atoms with E-state index in [4.69, 9.17) is 4.74 Å². The third-order valence-corrected chi connectivity index (χ3v) is 5.50. The van der Waals surface area contributed by atoms with Gasteiger partial charge in [0, 0.05) is 19.2 Å². The lowest BCUT2D eigenvalue weighted by molar-refractivity contribution is -0.143. The van der Waals surface area contributed by atoms with Gasteiger partial charge in [0.15, 0.2) is 0 Å². The van der Waals surface area contributed by atoms with Gasteiger partial charge in [0.1, 0.15) is 6.04 Å². The molecule has 0 amide bonds. The molecular formula is C15H16N2O4S. The molecule has 2 aromatic rings. The van der Waals surface area contributed by atoms with E-state index in [0.717, 1.165) is 5.56 Å². The summed E-state index contributed by atoms with van der Waals surface area (Å²) in [7, 11) is -2.28. The molecule has 3 rings (SSSR count). The molecule has 1 unspecified atom stereocenters. The van der Waals surface area contributed by atoms with Gasteiger partial charge in [-0.1, -0.05) is 18.2 Å². The van der Waals surface area contributed by atoms with Crippen molar-refractivity contribution >= 4 is 16.0 Å². The molecule has 0 saturated heterocycles. The molecule has 0 saturated carbocycles. The summed E-state index contributed by atoms with van der Waals surface area (Å²) in [6, 6.07) is 9.58. The highest BCUT2D eigenvalue weighted by molar-refractivity contribution is 7.90.